The molecule has 1 unspecified atom stereocenters. The minimum absolute atomic E-state index is 0. The summed E-state index contributed by atoms with van der Waals surface area (Å²) in [6, 6.07) is 0. The zero-order chi connectivity index (χ0) is 7.98. The van der Waals surface area contributed by atoms with Gasteiger partial charge >= 0.3 is 18.9 Å². The van der Waals surface area contributed by atoms with E-state index in [1.165, 1.54) is 0 Å². The van der Waals surface area contributed by atoms with Gasteiger partial charge < -0.3 is 8.74 Å². The number of hydrogen-bond acceptors (Lipinski definition) is 3. The second-order valence-electron chi connectivity index (χ2n) is 2.56. The van der Waals surface area contributed by atoms with Crippen LogP contribution < -0.4 is 18.9 Å². The molecule has 0 rings (SSSR count). The van der Waals surface area contributed by atoms with Crippen molar-refractivity contribution in [1.29, 1.82) is 0 Å². The minimum atomic E-state index is -2.33. The summed E-state index contributed by atoms with van der Waals surface area (Å²) >= 11 is -2.33. The molecule has 0 spiro atoms. The summed E-state index contributed by atoms with van der Waals surface area (Å²) in [5.41, 5.74) is 0. The SMILES string of the molecule is CC(C)CCCOS(=O)[O-].[Li+]. The van der Waals surface area contributed by atoms with Gasteiger partial charge in [-0.25, -0.2) is 4.21 Å². The Morgan fingerprint density at radius 1 is 1.55 bits per heavy atom. The van der Waals surface area contributed by atoms with Gasteiger partial charge in [0.15, 0.2) is 0 Å². The summed E-state index contributed by atoms with van der Waals surface area (Å²) in [5.74, 6) is 0.615. The van der Waals surface area contributed by atoms with Crippen molar-refractivity contribution in [2.24, 2.45) is 5.92 Å². The molecule has 0 aromatic carbocycles. The van der Waals surface area contributed by atoms with Crippen LogP contribution in [-0.2, 0) is 15.5 Å². The van der Waals surface area contributed by atoms with E-state index < -0.39 is 11.4 Å². The molecule has 0 aliphatic heterocycles. The average Bonchev–Trinajstić information content (AvgIpc) is 1.79. The summed E-state index contributed by atoms with van der Waals surface area (Å²) in [7, 11) is 0. The molecule has 0 amide bonds. The summed E-state index contributed by atoms with van der Waals surface area (Å²) in [6.45, 7) is 4.50. The van der Waals surface area contributed by atoms with Gasteiger partial charge in [-0.15, -0.1) is 0 Å². The van der Waals surface area contributed by atoms with Gasteiger partial charge in [0, 0.05) is 0 Å². The van der Waals surface area contributed by atoms with E-state index in [-0.39, 0.29) is 18.9 Å². The zero-order valence-corrected chi connectivity index (χ0v) is 8.15. The summed E-state index contributed by atoms with van der Waals surface area (Å²) in [5, 5.41) is 0. The molecule has 0 heterocycles. The van der Waals surface area contributed by atoms with E-state index in [4.69, 9.17) is 0 Å². The Morgan fingerprint density at radius 3 is 2.45 bits per heavy atom. The normalized spacial score (nSPS) is 12.7. The van der Waals surface area contributed by atoms with Crippen molar-refractivity contribution in [3.05, 3.63) is 0 Å². The van der Waals surface area contributed by atoms with E-state index in [1.807, 2.05) is 0 Å². The van der Waals surface area contributed by atoms with Gasteiger partial charge in [0.1, 0.15) is 0 Å². The molecule has 3 nitrogen and oxygen atoms in total. The maximum absolute atomic E-state index is 9.82. The van der Waals surface area contributed by atoms with Crippen molar-refractivity contribution in [3.63, 3.8) is 0 Å². The van der Waals surface area contributed by atoms with Crippen LogP contribution in [0.5, 0.6) is 0 Å². The molecule has 1 atom stereocenters. The average molecular weight is 172 g/mol. The molecule has 0 N–H and O–H groups in total. The maximum Gasteiger partial charge on any atom is 1.00 e. The standard InChI is InChI=1S/C6H14O3S.Li/c1-6(2)4-3-5-9-10(7)8;/h6H,3-5H2,1-2H3,(H,7,8);/q;+1/p-1. The summed E-state index contributed by atoms with van der Waals surface area (Å²) in [6.07, 6.45) is 1.82. The molecule has 62 valence electrons. The van der Waals surface area contributed by atoms with Gasteiger partial charge in [-0.2, -0.15) is 0 Å². The third-order valence-electron chi connectivity index (χ3n) is 1.11. The van der Waals surface area contributed by atoms with Gasteiger partial charge in [-0.1, -0.05) is 13.8 Å². The molecule has 0 aromatic rings. The fraction of sp³-hybridized carbons (Fsp3) is 1.00. The monoisotopic (exact) mass is 172 g/mol. The van der Waals surface area contributed by atoms with Crippen LogP contribution in [0.25, 0.3) is 0 Å². The van der Waals surface area contributed by atoms with E-state index in [1.54, 1.807) is 0 Å². The first-order valence-electron chi connectivity index (χ1n) is 3.35. The maximum atomic E-state index is 9.82. The van der Waals surface area contributed by atoms with Crippen molar-refractivity contribution < 1.29 is 31.8 Å². The van der Waals surface area contributed by atoms with Gasteiger partial charge in [0.05, 0.1) is 18.0 Å². The molecule has 0 fully saturated rings. The second kappa shape index (κ2) is 8.76. The second-order valence-corrected chi connectivity index (χ2v) is 3.21. The van der Waals surface area contributed by atoms with Gasteiger partial charge in [0.25, 0.3) is 0 Å². The van der Waals surface area contributed by atoms with Crippen molar-refractivity contribution in [3.8, 4) is 0 Å². The van der Waals surface area contributed by atoms with Gasteiger partial charge in [-0.3, -0.25) is 0 Å². The van der Waals surface area contributed by atoms with Crippen LogP contribution >= 0.6 is 0 Å². The molecule has 0 radical (unpaired) electrons. The smallest absolute Gasteiger partial charge is 0.750 e. The molecule has 0 bridgehead atoms. The predicted molar refractivity (Wildman–Crippen MR) is 38.9 cm³/mol. The molecule has 5 heteroatoms. The van der Waals surface area contributed by atoms with Crippen LogP contribution in [-0.4, -0.2) is 15.4 Å². The minimum Gasteiger partial charge on any atom is -0.750 e. The van der Waals surface area contributed by atoms with Crippen LogP contribution in [0.2, 0.25) is 0 Å². The first-order chi connectivity index (χ1) is 4.63. The fourth-order valence-corrected chi connectivity index (χ4v) is 0.872. The first kappa shape index (κ1) is 14.2. The predicted octanol–water partition coefficient (Wildman–Crippen LogP) is -1.76. The van der Waals surface area contributed by atoms with E-state index in [0.29, 0.717) is 12.5 Å². The third kappa shape index (κ3) is 13.6. The Hall–Kier alpha value is 0.667. The molecule has 11 heavy (non-hydrogen) atoms. The van der Waals surface area contributed by atoms with E-state index >= 15 is 0 Å². The Kier molecular flexibility index (Phi) is 11.3. The molecule has 0 aliphatic rings. The fourth-order valence-electron chi connectivity index (χ4n) is 0.619. The van der Waals surface area contributed by atoms with Crippen molar-refractivity contribution in [2.75, 3.05) is 6.61 Å². The molecule has 0 saturated carbocycles. The molecular formula is C6H13LiO3S. The first-order valence-corrected chi connectivity index (χ1v) is 4.35. The number of hydrogen-bond donors (Lipinski definition) is 0. The van der Waals surface area contributed by atoms with Crippen molar-refractivity contribution in [2.45, 2.75) is 26.7 Å². The Bertz CT molecular complexity index is 108. The quantitative estimate of drug-likeness (QED) is 0.280. The largest absolute Gasteiger partial charge is 1.00 e. The van der Waals surface area contributed by atoms with Crippen LogP contribution in [0.4, 0.5) is 0 Å². The van der Waals surface area contributed by atoms with E-state index in [0.717, 1.165) is 12.8 Å². The Balaban J connectivity index is 0. The molecular weight excluding hydrogens is 159 g/mol. The third-order valence-corrected chi connectivity index (χ3v) is 1.46. The molecule has 0 aliphatic carbocycles. The van der Waals surface area contributed by atoms with E-state index in [2.05, 4.69) is 18.0 Å². The van der Waals surface area contributed by atoms with Crippen LogP contribution in [0.1, 0.15) is 26.7 Å². The zero-order valence-electron chi connectivity index (χ0n) is 7.33. The van der Waals surface area contributed by atoms with E-state index in [9.17, 15) is 8.76 Å². The topological polar surface area (TPSA) is 49.4 Å². The number of rotatable bonds is 5. The van der Waals surface area contributed by atoms with Crippen LogP contribution in [0, 0.1) is 5.92 Å². The Labute approximate surface area is 82.6 Å². The van der Waals surface area contributed by atoms with Gasteiger partial charge in [0.2, 0.25) is 0 Å². The molecule has 0 aromatic heterocycles. The van der Waals surface area contributed by atoms with Crippen molar-refractivity contribution >= 4 is 11.4 Å². The summed E-state index contributed by atoms with van der Waals surface area (Å²) in [4.78, 5) is 0. The van der Waals surface area contributed by atoms with Gasteiger partial charge in [-0.05, 0) is 18.8 Å². The summed E-state index contributed by atoms with van der Waals surface area (Å²) < 4.78 is 24.0. The van der Waals surface area contributed by atoms with Crippen LogP contribution in [0.3, 0.4) is 0 Å². The van der Waals surface area contributed by atoms with Crippen LogP contribution in [0.15, 0.2) is 0 Å². The molecule has 0 saturated heterocycles. The van der Waals surface area contributed by atoms with Crippen molar-refractivity contribution in [1.82, 2.24) is 0 Å². The Morgan fingerprint density at radius 2 is 2.09 bits per heavy atom.